The lowest BCUT2D eigenvalue weighted by Gasteiger charge is -2.03. The van der Waals surface area contributed by atoms with Gasteiger partial charge < -0.3 is 5.32 Å². The first-order chi connectivity index (χ1) is 7.56. The molecule has 0 aliphatic carbocycles. The van der Waals surface area contributed by atoms with Crippen LogP contribution >= 0.6 is 0 Å². The van der Waals surface area contributed by atoms with E-state index < -0.39 is 17.7 Å². The summed E-state index contributed by atoms with van der Waals surface area (Å²) in [5.41, 5.74) is 0.314. The quantitative estimate of drug-likeness (QED) is 0.811. The van der Waals surface area contributed by atoms with Crippen molar-refractivity contribution in [3.05, 3.63) is 35.4 Å². The van der Waals surface area contributed by atoms with Crippen LogP contribution in [0.1, 0.15) is 12.5 Å². The van der Waals surface area contributed by atoms with Crippen molar-refractivity contribution < 1.29 is 13.6 Å². The molecule has 1 aromatic carbocycles. The number of amides is 1. The molecule has 0 radical (unpaired) electrons. The molecule has 1 aliphatic rings. The van der Waals surface area contributed by atoms with E-state index in [0.29, 0.717) is 11.4 Å². The number of rotatable bonds is 2. The Kier molecular flexibility index (Phi) is 2.68. The Morgan fingerprint density at radius 1 is 1.44 bits per heavy atom. The first-order valence-electron chi connectivity index (χ1n) is 4.88. The molecule has 5 heteroatoms. The topological polar surface area (TPSA) is 41.5 Å². The first-order valence-corrected chi connectivity index (χ1v) is 4.88. The number of hydrogen-bond acceptors (Lipinski definition) is 2. The number of nitrogens with zero attached hydrogens (tertiary/aromatic N) is 1. The van der Waals surface area contributed by atoms with Crippen molar-refractivity contribution in [2.45, 2.75) is 19.4 Å². The van der Waals surface area contributed by atoms with E-state index in [1.165, 1.54) is 12.1 Å². The Morgan fingerprint density at radius 2 is 2.19 bits per heavy atom. The van der Waals surface area contributed by atoms with Crippen molar-refractivity contribution >= 4 is 11.7 Å². The number of nitrogens with one attached hydrogen (secondary N) is 1. The van der Waals surface area contributed by atoms with Gasteiger partial charge in [-0.15, -0.1) is 0 Å². The maximum absolute atomic E-state index is 13.3. The molecule has 1 amide bonds. The number of amidine groups is 1. The summed E-state index contributed by atoms with van der Waals surface area (Å²) in [6.07, 6.45) is 0.169. The maximum Gasteiger partial charge on any atom is 0.249 e. The highest BCUT2D eigenvalue weighted by atomic mass is 19.1. The van der Waals surface area contributed by atoms with E-state index in [1.54, 1.807) is 6.92 Å². The van der Waals surface area contributed by atoms with Gasteiger partial charge in [0, 0.05) is 12.5 Å². The van der Waals surface area contributed by atoms with Crippen LogP contribution in [0.4, 0.5) is 8.78 Å². The van der Waals surface area contributed by atoms with E-state index in [4.69, 9.17) is 0 Å². The summed E-state index contributed by atoms with van der Waals surface area (Å²) >= 11 is 0. The smallest absolute Gasteiger partial charge is 0.249 e. The summed E-state index contributed by atoms with van der Waals surface area (Å²) < 4.78 is 25.9. The third-order valence-corrected chi connectivity index (χ3v) is 2.37. The third-order valence-electron chi connectivity index (χ3n) is 2.37. The Hall–Kier alpha value is -1.78. The van der Waals surface area contributed by atoms with Gasteiger partial charge in [0.15, 0.2) is 0 Å². The predicted octanol–water partition coefficient (Wildman–Crippen LogP) is 1.42. The predicted molar refractivity (Wildman–Crippen MR) is 55.1 cm³/mol. The third kappa shape index (κ3) is 2.08. The van der Waals surface area contributed by atoms with Gasteiger partial charge >= 0.3 is 0 Å². The lowest BCUT2D eigenvalue weighted by molar-refractivity contribution is -0.119. The van der Waals surface area contributed by atoms with Gasteiger partial charge in [0.05, 0.1) is 0 Å². The van der Waals surface area contributed by atoms with Gasteiger partial charge in [-0.05, 0) is 18.6 Å². The first kappa shape index (κ1) is 10.7. The lowest BCUT2D eigenvalue weighted by atomic mass is 10.1. The fourth-order valence-corrected chi connectivity index (χ4v) is 1.51. The van der Waals surface area contributed by atoms with Crippen LogP contribution in [0, 0.1) is 11.6 Å². The summed E-state index contributed by atoms with van der Waals surface area (Å²) in [5.74, 6) is -1.02. The molecule has 0 saturated carbocycles. The number of aliphatic imine (C=N–C) groups is 1. The summed E-state index contributed by atoms with van der Waals surface area (Å²) in [4.78, 5) is 15.2. The summed E-state index contributed by atoms with van der Waals surface area (Å²) in [6, 6.07) is 2.91. The molecule has 0 fully saturated rings. The Balaban J connectivity index is 2.16. The molecule has 1 aromatic rings. The second-order valence-corrected chi connectivity index (χ2v) is 3.65. The molecule has 0 aromatic heterocycles. The zero-order valence-electron chi connectivity index (χ0n) is 8.63. The molecule has 1 N–H and O–H groups in total. The number of carbonyl (C=O) groups is 1. The minimum absolute atomic E-state index is 0.169. The molecule has 1 aliphatic heterocycles. The molecule has 0 bridgehead atoms. The van der Waals surface area contributed by atoms with Gasteiger partial charge in [-0.3, -0.25) is 9.79 Å². The number of hydrogen-bond donors (Lipinski definition) is 1. The minimum Gasteiger partial charge on any atom is -0.312 e. The van der Waals surface area contributed by atoms with Crippen LogP contribution in [-0.2, 0) is 11.2 Å². The molecule has 1 atom stereocenters. The highest BCUT2D eigenvalue weighted by Crippen LogP contribution is 2.12. The monoisotopic (exact) mass is 224 g/mol. The van der Waals surface area contributed by atoms with E-state index in [0.717, 1.165) is 6.07 Å². The van der Waals surface area contributed by atoms with Crippen LogP contribution in [0.5, 0.6) is 0 Å². The summed E-state index contributed by atoms with van der Waals surface area (Å²) in [5, 5.41) is 2.54. The number of benzene rings is 1. The molecule has 84 valence electrons. The SMILES string of the molecule is CC1N=C(Cc2ccc(F)cc2F)NC1=O. The Labute approximate surface area is 91.2 Å². The van der Waals surface area contributed by atoms with Crippen LogP contribution in [0.25, 0.3) is 0 Å². The van der Waals surface area contributed by atoms with Crippen LogP contribution in [0.15, 0.2) is 23.2 Å². The van der Waals surface area contributed by atoms with E-state index in [2.05, 4.69) is 10.3 Å². The normalized spacial score (nSPS) is 19.6. The van der Waals surface area contributed by atoms with Crippen molar-refractivity contribution in [2.75, 3.05) is 0 Å². The molecular weight excluding hydrogens is 214 g/mol. The molecule has 0 saturated heterocycles. The highest BCUT2D eigenvalue weighted by Gasteiger charge is 2.22. The number of carbonyl (C=O) groups excluding carboxylic acids is 1. The fraction of sp³-hybridized carbons (Fsp3) is 0.273. The van der Waals surface area contributed by atoms with Gasteiger partial charge in [0.2, 0.25) is 5.91 Å². The van der Waals surface area contributed by atoms with Crippen molar-refractivity contribution in [1.29, 1.82) is 0 Å². The Bertz CT molecular complexity index is 471. The van der Waals surface area contributed by atoms with E-state index in [1.807, 2.05) is 0 Å². The Morgan fingerprint density at radius 3 is 2.75 bits per heavy atom. The summed E-state index contributed by atoms with van der Waals surface area (Å²) in [6.45, 7) is 1.66. The molecule has 3 nitrogen and oxygen atoms in total. The molecule has 2 rings (SSSR count). The van der Waals surface area contributed by atoms with Gasteiger partial charge in [-0.1, -0.05) is 6.07 Å². The van der Waals surface area contributed by atoms with E-state index in [9.17, 15) is 13.6 Å². The lowest BCUT2D eigenvalue weighted by Crippen LogP contribution is -2.28. The van der Waals surface area contributed by atoms with Gasteiger partial charge in [0.25, 0.3) is 0 Å². The molecule has 0 spiro atoms. The average molecular weight is 224 g/mol. The molecule has 16 heavy (non-hydrogen) atoms. The minimum atomic E-state index is -0.628. The zero-order valence-corrected chi connectivity index (χ0v) is 8.63. The van der Waals surface area contributed by atoms with Crippen molar-refractivity contribution in [3.8, 4) is 0 Å². The van der Waals surface area contributed by atoms with Gasteiger partial charge in [-0.25, -0.2) is 8.78 Å². The molecule has 1 unspecified atom stereocenters. The molecule has 1 heterocycles. The second-order valence-electron chi connectivity index (χ2n) is 3.65. The van der Waals surface area contributed by atoms with Crippen molar-refractivity contribution in [3.63, 3.8) is 0 Å². The average Bonchev–Trinajstić information content (AvgIpc) is 2.51. The van der Waals surface area contributed by atoms with E-state index in [-0.39, 0.29) is 12.3 Å². The van der Waals surface area contributed by atoms with Crippen LogP contribution in [0.3, 0.4) is 0 Å². The number of halogens is 2. The standard InChI is InChI=1S/C11H10F2N2O/c1-6-11(16)15-10(14-6)4-7-2-3-8(12)5-9(7)13/h2-3,5-6H,4H2,1H3,(H,14,15,16). The van der Waals surface area contributed by atoms with Gasteiger partial charge in [-0.2, -0.15) is 0 Å². The molecular formula is C11H10F2N2O. The van der Waals surface area contributed by atoms with Crippen LogP contribution < -0.4 is 5.32 Å². The van der Waals surface area contributed by atoms with Gasteiger partial charge in [0.1, 0.15) is 23.5 Å². The zero-order chi connectivity index (χ0) is 11.7. The fourth-order valence-electron chi connectivity index (χ4n) is 1.51. The van der Waals surface area contributed by atoms with Crippen LogP contribution in [0.2, 0.25) is 0 Å². The van der Waals surface area contributed by atoms with Crippen molar-refractivity contribution in [2.24, 2.45) is 4.99 Å². The van der Waals surface area contributed by atoms with Crippen LogP contribution in [-0.4, -0.2) is 17.8 Å². The largest absolute Gasteiger partial charge is 0.312 e. The summed E-state index contributed by atoms with van der Waals surface area (Å²) in [7, 11) is 0. The maximum atomic E-state index is 13.3. The second kappa shape index (κ2) is 4.00. The van der Waals surface area contributed by atoms with E-state index >= 15 is 0 Å². The van der Waals surface area contributed by atoms with Crippen molar-refractivity contribution in [1.82, 2.24) is 5.32 Å². The highest BCUT2D eigenvalue weighted by molar-refractivity contribution is 6.06.